The summed E-state index contributed by atoms with van der Waals surface area (Å²) in [6.07, 6.45) is 5.92. The van der Waals surface area contributed by atoms with Crippen LogP contribution < -0.4 is 5.32 Å². The fourth-order valence-corrected chi connectivity index (χ4v) is 2.36. The lowest BCUT2D eigenvalue weighted by Gasteiger charge is -2.00. The second kappa shape index (κ2) is 5.36. The number of aryl methyl sites for hydroxylation is 1. The summed E-state index contributed by atoms with van der Waals surface area (Å²) >= 11 is 0. The van der Waals surface area contributed by atoms with Crippen molar-refractivity contribution in [1.82, 2.24) is 15.5 Å². The zero-order chi connectivity index (χ0) is 12.4. The molecule has 1 aliphatic heterocycles. The topological polar surface area (TPSA) is 60.2 Å². The molecule has 2 aliphatic rings. The Morgan fingerprint density at radius 1 is 1.33 bits per heavy atom. The molecule has 1 aliphatic carbocycles. The van der Waals surface area contributed by atoms with E-state index < -0.39 is 0 Å². The summed E-state index contributed by atoms with van der Waals surface area (Å²) in [5.41, 5.74) is 0. The van der Waals surface area contributed by atoms with E-state index in [1.54, 1.807) is 0 Å². The van der Waals surface area contributed by atoms with Crippen LogP contribution in [0.4, 0.5) is 0 Å². The molecule has 1 saturated carbocycles. The Morgan fingerprint density at radius 2 is 2.22 bits per heavy atom. The monoisotopic (exact) mass is 251 g/mol. The van der Waals surface area contributed by atoms with Gasteiger partial charge in [-0.1, -0.05) is 0 Å². The average Bonchev–Trinajstić information content (AvgIpc) is 2.88. The van der Waals surface area contributed by atoms with Gasteiger partial charge in [0.1, 0.15) is 0 Å². The molecule has 18 heavy (non-hydrogen) atoms. The van der Waals surface area contributed by atoms with Gasteiger partial charge in [-0.05, 0) is 39.2 Å². The Morgan fingerprint density at radius 3 is 2.94 bits per heavy atom. The molecule has 3 rings (SSSR count). The van der Waals surface area contributed by atoms with E-state index in [0.717, 1.165) is 43.6 Å². The molecule has 0 bridgehead atoms. The Hall–Kier alpha value is -0.940. The summed E-state index contributed by atoms with van der Waals surface area (Å²) in [5, 5.41) is 11.7. The van der Waals surface area contributed by atoms with E-state index in [9.17, 15) is 0 Å². The highest BCUT2D eigenvalue weighted by Crippen LogP contribution is 2.28. The number of aromatic nitrogens is 2. The first kappa shape index (κ1) is 12.1. The van der Waals surface area contributed by atoms with Crippen molar-refractivity contribution in [3.8, 4) is 0 Å². The largest absolute Gasteiger partial charge is 0.425 e. The van der Waals surface area contributed by atoms with Crippen molar-refractivity contribution in [3.63, 3.8) is 0 Å². The number of nitrogens with one attached hydrogen (secondary N) is 1. The number of hydrogen-bond acceptors (Lipinski definition) is 5. The maximum absolute atomic E-state index is 5.71. The highest BCUT2D eigenvalue weighted by atomic mass is 16.5. The van der Waals surface area contributed by atoms with Gasteiger partial charge in [-0.2, -0.15) is 0 Å². The van der Waals surface area contributed by atoms with E-state index in [0.29, 0.717) is 18.6 Å². The van der Waals surface area contributed by atoms with E-state index in [2.05, 4.69) is 22.4 Å². The Kier molecular flexibility index (Phi) is 3.61. The third kappa shape index (κ3) is 3.09. The van der Waals surface area contributed by atoms with Crippen molar-refractivity contribution >= 4 is 0 Å². The first-order chi connectivity index (χ1) is 8.81. The third-order valence-electron chi connectivity index (χ3n) is 3.61. The minimum absolute atomic E-state index is 0.297. The van der Waals surface area contributed by atoms with Gasteiger partial charge >= 0.3 is 0 Å². The van der Waals surface area contributed by atoms with Crippen molar-refractivity contribution in [1.29, 1.82) is 0 Å². The maximum Gasteiger partial charge on any atom is 0.222 e. The predicted molar refractivity (Wildman–Crippen MR) is 66.4 cm³/mol. The van der Waals surface area contributed by atoms with Gasteiger partial charge in [-0.15, -0.1) is 10.2 Å². The molecular formula is C13H21N3O2. The van der Waals surface area contributed by atoms with Crippen LogP contribution in [0, 0.1) is 0 Å². The smallest absolute Gasteiger partial charge is 0.222 e. The summed E-state index contributed by atoms with van der Waals surface area (Å²) < 4.78 is 11.2. The van der Waals surface area contributed by atoms with Crippen molar-refractivity contribution < 1.29 is 9.15 Å². The van der Waals surface area contributed by atoms with Crippen LogP contribution in [0.15, 0.2) is 4.42 Å². The lowest BCUT2D eigenvalue weighted by atomic mass is 10.1. The van der Waals surface area contributed by atoms with Crippen LogP contribution >= 0.6 is 0 Å². The van der Waals surface area contributed by atoms with Crippen LogP contribution in [-0.4, -0.2) is 35.5 Å². The minimum atomic E-state index is 0.297. The summed E-state index contributed by atoms with van der Waals surface area (Å²) in [4.78, 5) is 0. The fraction of sp³-hybridized carbons (Fsp3) is 0.846. The van der Waals surface area contributed by atoms with Gasteiger partial charge < -0.3 is 14.5 Å². The van der Waals surface area contributed by atoms with Gasteiger partial charge in [0.2, 0.25) is 11.8 Å². The zero-order valence-electron chi connectivity index (χ0n) is 10.9. The lowest BCUT2D eigenvalue weighted by molar-refractivity contribution is 0.122. The van der Waals surface area contributed by atoms with Crippen molar-refractivity contribution in [2.24, 2.45) is 0 Å². The normalized spacial score (nSPS) is 27.8. The van der Waals surface area contributed by atoms with E-state index in [1.807, 2.05) is 0 Å². The fourth-order valence-electron chi connectivity index (χ4n) is 2.36. The second-order valence-corrected chi connectivity index (χ2v) is 5.44. The van der Waals surface area contributed by atoms with Crippen LogP contribution in [0.1, 0.15) is 50.3 Å². The maximum atomic E-state index is 5.71. The predicted octanol–water partition coefficient (Wildman–Crippen LogP) is 1.65. The third-order valence-corrected chi connectivity index (χ3v) is 3.61. The highest BCUT2D eigenvalue weighted by molar-refractivity contribution is 4.95. The van der Waals surface area contributed by atoms with E-state index >= 15 is 0 Å². The molecule has 1 aromatic heterocycles. The molecule has 2 heterocycles. The summed E-state index contributed by atoms with van der Waals surface area (Å²) in [7, 11) is 0. The van der Waals surface area contributed by atoms with Gasteiger partial charge in [0.15, 0.2) is 0 Å². The highest BCUT2D eigenvalue weighted by Gasteiger charge is 2.28. The molecule has 1 saturated heterocycles. The Balaban J connectivity index is 1.43. The molecule has 2 fully saturated rings. The zero-order valence-corrected chi connectivity index (χ0v) is 10.9. The molecule has 5 heteroatoms. The van der Waals surface area contributed by atoms with Crippen molar-refractivity contribution in [2.75, 3.05) is 13.2 Å². The number of hydrogen-bond donors (Lipinski definition) is 1. The van der Waals surface area contributed by atoms with Gasteiger partial charge in [0, 0.05) is 12.5 Å². The number of ether oxygens (including phenoxy) is 1. The summed E-state index contributed by atoms with van der Waals surface area (Å²) in [6.45, 7) is 3.85. The van der Waals surface area contributed by atoms with E-state index in [1.165, 1.54) is 12.8 Å². The van der Waals surface area contributed by atoms with Crippen LogP contribution in [-0.2, 0) is 11.2 Å². The molecule has 2 unspecified atom stereocenters. The molecular weight excluding hydrogens is 230 g/mol. The lowest BCUT2D eigenvalue weighted by Crippen LogP contribution is -2.17. The van der Waals surface area contributed by atoms with Crippen LogP contribution in [0.5, 0.6) is 0 Å². The van der Waals surface area contributed by atoms with Gasteiger partial charge in [-0.25, -0.2) is 0 Å². The quantitative estimate of drug-likeness (QED) is 0.779. The first-order valence-electron chi connectivity index (χ1n) is 6.98. The van der Waals surface area contributed by atoms with Gasteiger partial charge in [0.25, 0.3) is 0 Å². The van der Waals surface area contributed by atoms with E-state index in [4.69, 9.17) is 9.15 Å². The molecule has 1 aromatic rings. The van der Waals surface area contributed by atoms with E-state index in [-0.39, 0.29) is 0 Å². The van der Waals surface area contributed by atoms with Gasteiger partial charge in [-0.3, -0.25) is 0 Å². The first-order valence-corrected chi connectivity index (χ1v) is 6.98. The second-order valence-electron chi connectivity index (χ2n) is 5.44. The molecule has 0 aromatic carbocycles. The van der Waals surface area contributed by atoms with Crippen LogP contribution in [0.3, 0.4) is 0 Å². The minimum Gasteiger partial charge on any atom is -0.425 e. The summed E-state index contributed by atoms with van der Waals surface area (Å²) in [6, 6.07) is 0.778. The standard InChI is InChI=1S/C13H21N3O2/c1-9-7-10(8-17-9)13-16-15-12(18-13)3-2-6-14-11-4-5-11/h9-11,14H,2-8H2,1H3. The van der Waals surface area contributed by atoms with Crippen LogP contribution in [0.2, 0.25) is 0 Å². The Labute approximate surface area is 107 Å². The molecule has 0 radical (unpaired) electrons. The molecule has 5 nitrogen and oxygen atoms in total. The molecule has 2 atom stereocenters. The number of nitrogens with zero attached hydrogens (tertiary/aromatic N) is 2. The molecule has 100 valence electrons. The summed E-state index contributed by atoms with van der Waals surface area (Å²) in [5.74, 6) is 1.82. The average molecular weight is 251 g/mol. The van der Waals surface area contributed by atoms with Crippen LogP contribution in [0.25, 0.3) is 0 Å². The molecule has 1 N–H and O–H groups in total. The Bertz CT molecular complexity index is 389. The molecule has 0 amide bonds. The van der Waals surface area contributed by atoms with Gasteiger partial charge in [0.05, 0.1) is 18.6 Å². The SMILES string of the molecule is CC1CC(c2nnc(CCCNC3CC3)o2)CO1. The van der Waals surface area contributed by atoms with Crippen molar-refractivity contribution in [2.45, 2.75) is 57.1 Å². The van der Waals surface area contributed by atoms with Crippen molar-refractivity contribution in [3.05, 3.63) is 11.8 Å². The molecule has 0 spiro atoms. The number of rotatable bonds is 6.